The zero-order valence-corrected chi connectivity index (χ0v) is 9.37. The Morgan fingerprint density at radius 2 is 1.93 bits per heavy atom. The molecule has 0 aromatic rings. The van der Waals surface area contributed by atoms with Crippen LogP contribution in [0.1, 0.15) is 39.5 Å². The molecular weight excluding hydrogens is 178 g/mol. The summed E-state index contributed by atoms with van der Waals surface area (Å²) in [5.41, 5.74) is 5.85. The van der Waals surface area contributed by atoms with Gasteiger partial charge in [0.2, 0.25) is 0 Å². The molecule has 0 radical (unpaired) electrons. The van der Waals surface area contributed by atoms with E-state index in [0.717, 1.165) is 32.5 Å². The van der Waals surface area contributed by atoms with Gasteiger partial charge in [-0.1, -0.05) is 20.3 Å². The fourth-order valence-corrected chi connectivity index (χ4v) is 1.64. The normalized spacial score (nSPS) is 31.5. The van der Waals surface area contributed by atoms with Gasteiger partial charge in [0.25, 0.3) is 0 Å². The lowest BCUT2D eigenvalue weighted by Crippen LogP contribution is -2.58. The van der Waals surface area contributed by atoms with E-state index in [-0.39, 0.29) is 18.2 Å². The van der Waals surface area contributed by atoms with Crippen molar-refractivity contribution in [1.29, 1.82) is 0 Å². The van der Waals surface area contributed by atoms with E-state index in [4.69, 9.17) is 15.2 Å². The maximum absolute atomic E-state index is 5.85. The second kappa shape index (κ2) is 6.38. The third-order valence-electron chi connectivity index (χ3n) is 2.64. The first-order valence-electron chi connectivity index (χ1n) is 5.78. The van der Waals surface area contributed by atoms with Crippen molar-refractivity contribution in [1.82, 2.24) is 0 Å². The zero-order chi connectivity index (χ0) is 10.4. The van der Waals surface area contributed by atoms with Crippen molar-refractivity contribution in [3.8, 4) is 0 Å². The molecule has 1 rings (SSSR count). The molecule has 1 aliphatic carbocycles. The molecule has 0 spiro atoms. The van der Waals surface area contributed by atoms with Gasteiger partial charge >= 0.3 is 0 Å². The van der Waals surface area contributed by atoms with Crippen molar-refractivity contribution < 1.29 is 9.47 Å². The van der Waals surface area contributed by atoms with Crippen LogP contribution in [0.15, 0.2) is 0 Å². The highest BCUT2D eigenvalue weighted by Crippen LogP contribution is 2.26. The molecular formula is C11H23NO2. The highest BCUT2D eigenvalue weighted by molar-refractivity contribution is 4.95. The first kappa shape index (κ1) is 12.0. The van der Waals surface area contributed by atoms with Crippen molar-refractivity contribution in [2.75, 3.05) is 13.2 Å². The molecule has 3 atom stereocenters. The summed E-state index contributed by atoms with van der Waals surface area (Å²) < 4.78 is 11.3. The lowest BCUT2D eigenvalue weighted by molar-refractivity contribution is -0.139. The van der Waals surface area contributed by atoms with Crippen LogP contribution < -0.4 is 5.73 Å². The smallest absolute Gasteiger partial charge is 0.0988 e. The van der Waals surface area contributed by atoms with Crippen LogP contribution in [0.5, 0.6) is 0 Å². The van der Waals surface area contributed by atoms with Crippen LogP contribution in [0.3, 0.4) is 0 Å². The molecule has 0 heterocycles. The summed E-state index contributed by atoms with van der Waals surface area (Å²) in [5, 5.41) is 0. The molecule has 3 heteroatoms. The highest BCUT2D eigenvalue weighted by Gasteiger charge is 2.40. The second-order valence-electron chi connectivity index (χ2n) is 4.00. The van der Waals surface area contributed by atoms with Gasteiger partial charge in [0, 0.05) is 19.3 Å². The third-order valence-corrected chi connectivity index (χ3v) is 2.64. The Morgan fingerprint density at radius 3 is 2.50 bits per heavy atom. The van der Waals surface area contributed by atoms with E-state index in [2.05, 4.69) is 13.8 Å². The van der Waals surface area contributed by atoms with Gasteiger partial charge in [-0.3, -0.25) is 0 Å². The summed E-state index contributed by atoms with van der Waals surface area (Å²) in [7, 11) is 0. The first-order valence-corrected chi connectivity index (χ1v) is 5.78. The third kappa shape index (κ3) is 3.23. The largest absolute Gasteiger partial charge is 0.375 e. The Kier molecular flexibility index (Phi) is 5.45. The van der Waals surface area contributed by atoms with Gasteiger partial charge in [-0.25, -0.2) is 0 Å². The number of unbranched alkanes of at least 4 members (excludes halogenated alkanes) is 1. The Morgan fingerprint density at radius 1 is 1.14 bits per heavy atom. The van der Waals surface area contributed by atoms with Crippen molar-refractivity contribution >= 4 is 0 Å². The van der Waals surface area contributed by atoms with E-state index in [1.807, 2.05) is 0 Å². The molecule has 0 saturated heterocycles. The monoisotopic (exact) mass is 201 g/mol. The zero-order valence-electron chi connectivity index (χ0n) is 9.37. The molecule has 1 fully saturated rings. The van der Waals surface area contributed by atoms with Crippen molar-refractivity contribution in [3.05, 3.63) is 0 Å². The average molecular weight is 201 g/mol. The maximum Gasteiger partial charge on any atom is 0.0988 e. The van der Waals surface area contributed by atoms with Crippen LogP contribution in [0.25, 0.3) is 0 Å². The molecule has 14 heavy (non-hydrogen) atoms. The summed E-state index contributed by atoms with van der Waals surface area (Å²) in [5.74, 6) is 0. The van der Waals surface area contributed by atoms with Gasteiger partial charge in [-0.05, 0) is 19.3 Å². The first-order chi connectivity index (χ1) is 6.79. The average Bonchev–Trinajstić information content (AvgIpc) is 2.17. The number of hydrogen-bond donors (Lipinski definition) is 1. The lowest BCUT2D eigenvalue weighted by Gasteiger charge is -2.41. The van der Waals surface area contributed by atoms with Crippen LogP contribution in [0.4, 0.5) is 0 Å². The molecule has 0 aliphatic heterocycles. The fourth-order valence-electron chi connectivity index (χ4n) is 1.64. The van der Waals surface area contributed by atoms with Gasteiger partial charge in [0.15, 0.2) is 0 Å². The minimum atomic E-state index is 0.145. The maximum atomic E-state index is 5.85. The van der Waals surface area contributed by atoms with Crippen LogP contribution in [-0.4, -0.2) is 31.5 Å². The van der Waals surface area contributed by atoms with E-state index in [0.29, 0.717) is 0 Å². The molecule has 3 nitrogen and oxygen atoms in total. The summed E-state index contributed by atoms with van der Waals surface area (Å²) in [6.45, 7) is 5.92. The Hall–Kier alpha value is -0.120. The Balaban J connectivity index is 2.12. The molecule has 0 bridgehead atoms. The number of ether oxygens (including phenoxy) is 2. The van der Waals surface area contributed by atoms with Gasteiger partial charge in [0.1, 0.15) is 0 Å². The van der Waals surface area contributed by atoms with E-state index >= 15 is 0 Å². The Labute approximate surface area is 86.9 Å². The van der Waals surface area contributed by atoms with Gasteiger partial charge in [-0.2, -0.15) is 0 Å². The minimum absolute atomic E-state index is 0.145. The van der Waals surface area contributed by atoms with E-state index in [1.165, 1.54) is 6.42 Å². The predicted molar refractivity (Wildman–Crippen MR) is 57.3 cm³/mol. The molecule has 2 N–H and O–H groups in total. The topological polar surface area (TPSA) is 44.5 Å². The predicted octanol–water partition coefficient (Wildman–Crippen LogP) is 1.70. The van der Waals surface area contributed by atoms with Crippen molar-refractivity contribution in [2.45, 2.75) is 57.8 Å². The molecule has 0 amide bonds. The summed E-state index contributed by atoms with van der Waals surface area (Å²) >= 11 is 0. The Bertz CT molecular complexity index is 152. The van der Waals surface area contributed by atoms with Gasteiger partial charge < -0.3 is 15.2 Å². The number of rotatable bonds is 7. The molecule has 3 unspecified atom stereocenters. The number of hydrogen-bond acceptors (Lipinski definition) is 3. The molecule has 0 aromatic carbocycles. The van der Waals surface area contributed by atoms with Crippen LogP contribution in [0, 0.1) is 0 Å². The fraction of sp³-hybridized carbons (Fsp3) is 1.00. The van der Waals surface area contributed by atoms with Gasteiger partial charge in [0.05, 0.1) is 12.2 Å². The second-order valence-corrected chi connectivity index (χ2v) is 4.00. The summed E-state index contributed by atoms with van der Waals surface area (Å²) in [6, 6.07) is 0.188. The molecule has 84 valence electrons. The van der Waals surface area contributed by atoms with E-state index < -0.39 is 0 Å². The van der Waals surface area contributed by atoms with E-state index in [9.17, 15) is 0 Å². The summed E-state index contributed by atoms with van der Waals surface area (Å²) in [4.78, 5) is 0. The highest BCUT2D eigenvalue weighted by atomic mass is 16.5. The van der Waals surface area contributed by atoms with Crippen LogP contribution in [-0.2, 0) is 9.47 Å². The molecule has 0 aromatic heterocycles. The van der Waals surface area contributed by atoms with Crippen LogP contribution >= 0.6 is 0 Å². The van der Waals surface area contributed by atoms with Crippen LogP contribution in [0.2, 0.25) is 0 Å². The quantitative estimate of drug-likeness (QED) is 0.638. The van der Waals surface area contributed by atoms with Crippen molar-refractivity contribution in [3.63, 3.8) is 0 Å². The van der Waals surface area contributed by atoms with E-state index in [1.54, 1.807) is 0 Å². The van der Waals surface area contributed by atoms with Gasteiger partial charge in [-0.15, -0.1) is 0 Å². The SMILES string of the molecule is CCCCOC1CC(N)C1OCCC. The minimum Gasteiger partial charge on any atom is -0.375 e. The van der Waals surface area contributed by atoms with Crippen molar-refractivity contribution in [2.24, 2.45) is 5.73 Å². The molecule has 1 aliphatic rings. The molecule has 1 saturated carbocycles. The lowest BCUT2D eigenvalue weighted by atomic mass is 9.86. The number of nitrogens with two attached hydrogens (primary N) is 1. The summed E-state index contributed by atoms with van der Waals surface area (Å²) in [6.07, 6.45) is 4.71. The standard InChI is InChI=1S/C11H23NO2/c1-3-5-7-13-10-8-9(12)11(10)14-6-4-2/h9-11H,3-8,12H2,1-2H3.